The molecule has 2 aromatic carbocycles. The molecule has 3 nitrogen and oxygen atoms in total. The molecule has 5 rings (SSSR count). The lowest BCUT2D eigenvalue weighted by atomic mass is 10.0. The van der Waals surface area contributed by atoms with Crippen molar-refractivity contribution in [1.29, 1.82) is 0 Å². The van der Waals surface area contributed by atoms with E-state index in [0.29, 0.717) is 0 Å². The van der Waals surface area contributed by atoms with Crippen LogP contribution in [0.15, 0.2) is 60.9 Å². The van der Waals surface area contributed by atoms with Crippen LogP contribution in [0, 0.1) is 0 Å². The van der Waals surface area contributed by atoms with E-state index in [-0.39, 0.29) is 0 Å². The van der Waals surface area contributed by atoms with E-state index in [2.05, 4.69) is 59.2 Å². The highest BCUT2D eigenvalue weighted by molar-refractivity contribution is 6.23. The number of hydrogen-bond donors (Lipinski definition) is 0. The van der Waals surface area contributed by atoms with Crippen molar-refractivity contribution in [3.63, 3.8) is 0 Å². The van der Waals surface area contributed by atoms with E-state index in [9.17, 15) is 0 Å². The molecular formula is C19H13N3. The van der Waals surface area contributed by atoms with Gasteiger partial charge in [0.25, 0.3) is 0 Å². The molecule has 0 amide bonds. The molecule has 0 saturated heterocycles. The van der Waals surface area contributed by atoms with Crippen LogP contribution in [0.5, 0.6) is 0 Å². The van der Waals surface area contributed by atoms with Crippen molar-refractivity contribution in [1.82, 2.24) is 14.5 Å². The zero-order valence-electron chi connectivity index (χ0n) is 12.1. The molecule has 0 N–H and O–H groups in total. The van der Waals surface area contributed by atoms with Gasteiger partial charge in [0.2, 0.25) is 0 Å². The molecule has 104 valence electrons. The number of aromatic nitrogens is 3. The number of benzene rings is 2. The van der Waals surface area contributed by atoms with Crippen molar-refractivity contribution in [2.45, 2.75) is 0 Å². The highest BCUT2D eigenvalue weighted by Crippen LogP contribution is 2.34. The van der Waals surface area contributed by atoms with E-state index >= 15 is 0 Å². The fourth-order valence-electron chi connectivity index (χ4n) is 3.37. The lowest BCUT2D eigenvalue weighted by Crippen LogP contribution is -1.91. The van der Waals surface area contributed by atoms with E-state index < -0.39 is 0 Å². The van der Waals surface area contributed by atoms with Crippen LogP contribution in [-0.2, 0) is 7.05 Å². The maximum atomic E-state index is 4.92. The minimum absolute atomic E-state index is 1.02. The van der Waals surface area contributed by atoms with Gasteiger partial charge in [0, 0.05) is 41.0 Å². The topological polar surface area (TPSA) is 30.7 Å². The highest BCUT2D eigenvalue weighted by Gasteiger charge is 2.13. The van der Waals surface area contributed by atoms with Crippen LogP contribution in [0.3, 0.4) is 0 Å². The maximum absolute atomic E-state index is 4.92. The third-order valence-corrected chi connectivity index (χ3v) is 4.37. The van der Waals surface area contributed by atoms with Gasteiger partial charge < -0.3 is 4.57 Å². The van der Waals surface area contributed by atoms with Gasteiger partial charge in [0.1, 0.15) is 0 Å². The Labute approximate surface area is 126 Å². The summed E-state index contributed by atoms with van der Waals surface area (Å²) < 4.78 is 2.15. The zero-order valence-corrected chi connectivity index (χ0v) is 12.1. The number of aryl methyl sites for hydroxylation is 1. The molecule has 0 bridgehead atoms. The third-order valence-electron chi connectivity index (χ3n) is 4.37. The Hall–Kier alpha value is -2.94. The molecule has 0 spiro atoms. The second-order valence-electron chi connectivity index (χ2n) is 5.67. The zero-order chi connectivity index (χ0) is 14.7. The van der Waals surface area contributed by atoms with Crippen LogP contribution in [0.25, 0.3) is 43.6 Å². The Bertz CT molecular complexity index is 1190. The average molecular weight is 283 g/mol. The number of para-hydroxylation sites is 1. The van der Waals surface area contributed by atoms with Crippen LogP contribution in [0.4, 0.5) is 0 Å². The average Bonchev–Trinajstić information content (AvgIpc) is 2.96. The largest absolute Gasteiger partial charge is 0.350 e. The number of rotatable bonds is 0. The molecule has 0 unspecified atom stereocenters. The number of nitrogens with zero attached hydrogens (tertiary/aromatic N) is 3. The van der Waals surface area contributed by atoms with Crippen LogP contribution >= 0.6 is 0 Å². The Morgan fingerprint density at radius 1 is 0.864 bits per heavy atom. The normalized spacial score (nSPS) is 11.9. The van der Waals surface area contributed by atoms with Gasteiger partial charge in [-0.25, -0.2) is 4.98 Å². The van der Waals surface area contributed by atoms with E-state index in [0.717, 1.165) is 21.9 Å². The standard InChI is InChI=1S/C19H13N3/c1-22-10-8-14-17-13(6-4-9-20-17)18-15(19(14)22)11-12-5-2-3-7-16(12)21-18/h2-11H,1H3. The van der Waals surface area contributed by atoms with Crippen molar-refractivity contribution < 1.29 is 0 Å². The molecule has 0 atom stereocenters. The van der Waals surface area contributed by atoms with Gasteiger partial charge in [0.05, 0.1) is 22.1 Å². The first kappa shape index (κ1) is 11.7. The van der Waals surface area contributed by atoms with Crippen LogP contribution < -0.4 is 0 Å². The third kappa shape index (κ3) is 1.40. The summed E-state index contributed by atoms with van der Waals surface area (Å²) >= 11 is 0. The molecule has 0 radical (unpaired) electrons. The summed E-state index contributed by atoms with van der Waals surface area (Å²) in [6.07, 6.45) is 3.94. The molecule has 3 heteroatoms. The van der Waals surface area contributed by atoms with Crippen molar-refractivity contribution in [2.75, 3.05) is 0 Å². The van der Waals surface area contributed by atoms with Gasteiger partial charge in [-0.15, -0.1) is 0 Å². The van der Waals surface area contributed by atoms with Crippen LogP contribution in [0.2, 0.25) is 0 Å². The monoisotopic (exact) mass is 283 g/mol. The Morgan fingerprint density at radius 3 is 2.73 bits per heavy atom. The number of pyridine rings is 2. The Balaban J connectivity index is 2.19. The van der Waals surface area contributed by atoms with E-state index in [1.165, 1.54) is 21.7 Å². The first-order chi connectivity index (χ1) is 10.8. The van der Waals surface area contributed by atoms with E-state index in [1.54, 1.807) is 0 Å². The van der Waals surface area contributed by atoms with Crippen LogP contribution in [0.1, 0.15) is 0 Å². The summed E-state index contributed by atoms with van der Waals surface area (Å²) in [6, 6.07) is 16.7. The smallest absolute Gasteiger partial charge is 0.0825 e. The molecule has 5 aromatic rings. The van der Waals surface area contributed by atoms with Gasteiger partial charge in [-0.05, 0) is 30.3 Å². The van der Waals surface area contributed by atoms with Crippen molar-refractivity contribution >= 4 is 43.6 Å². The molecule has 22 heavy (non-hydrogen) atoms. The van der Waals surface area contributed by atoms with Gasteiger partial charge in [0.15, 0.2) is 0 Å². The lowest BCUT2D eigenvalue weighted by molar-refractivity contribution is 0.973. The van der Waals surface area contributed by atoms with Crippen molar-refractivity contribution in [3.8, 4) is 0 Å². The molecule has 0 aliphatic carbocycles. The Kier molecular flexibility index (Phi) is 2.15. The maximum Gasteiger partial charge on any atom is 0.0825 e. The second-order valence-corrected chi connectivity index (χ2v) is 5.67. The summed E-state index contributed by atoms with van der Waals surface area (Å²) in [5.74, 6) is 0. The van der Waals surface area contributed by atoms with Crippen LogP contribution in [-0.4, -0.2) is 14.5 Å². The SMILES string of the molecule is Cn1ccc2c3ncccc3c3nc4ccccc4cc3c21. The van der Waals surface area contributed by atoms with E-state index in [1.807, 2.05) is 18.3 Å². The summed E-state index contributed by atoms with van der Waals surface area (Å²) in [5, 5.41) is 4.65. The second kappa shape index (κ2) is 4.04. The van der Waals surface area contributed by atoms with E-state index in [4.69, 9.17) is 4.98 Å². The summed E-state index contributed by atoms with van der Waals surface area (Å²) in [5.41, 5.74) is 4.26. The molecule has 0 aliphatic heterocycles. The van der Waals surface area contributed by atoms with Crippen molar-refractivity contribution in [3.05, 3.63) is 60.9 Å². The quantitative estimate of drug-likeness (QED) is 0.311. The predicted octanol–water partition coefficient (Wildman–Crippen LogP) is 4.43. The lowest BCUT2D eigenvalue weighted by Gasteiger charge is -2.09. The summed E-state index contributed by atoms with van der Waals surface area (Å²) in [4.78, 5) is 9.52. The fraction of sp³-hybridized carbons (Fsp3) is 0.0526. The highest BCUT2D eigenvalue weighted by atomic mass is 14.9. The number of fused-ring (bicyclic) bond motifs is 7. The molecule has 0 saturated carbocycles. The van der Waals surface area contributed by atoms with Gasteiger partial charge in [-0.1, -0.05) is 18.2 Å². The Morgan fingerprint density at radius 2 is 1.77 bits per heavy atom. The fourth-order valence-corrected chi connectivity index (χ4v) is 3.37. The predicted molar refractivity (Wildman–Crippen MR) is 91.0 cm³/mol. The van der Waals surface area contributed by atoms with Gasteiger partial charge in [-0.2, -0.15) is 0 Å². The summed E-state index contributed by atoms with van der Waals surface area (Å²) in [6.45, 7) is 0. The summed E-state index contributed by atoms with van der Waals surface area (Å²) in [7, 11) is 2.08. The molecular weight excluding hydrogens is 270 g/mol. The number of hydrogen-bond acceptors (Lipinski definition) is 2. The molecule has 3 heterocycles. The molecule has 0 fully saturated rings. The first-order valence-corrected chi connectivity index (χ1v) is 7.34. The van der Waals surface area contributed by atoms with Gasteiger partial charge >= 0.3 is 0 Å². The first-order valence-electron chi connectivity index (χ1n) is 7.34. The molecule has 0 aliphatic rings. The minimum Gasteiger partial charge on any atom is -0.350 e. The minimum atomic E-state index is 1.02. The van der Waals surface area contributed by atoms with Crippen molar-refractivity contribution in [2.24, 2.45) is 7.05 Å². The van der Waals surface area contributed by atoms with Gasteiger partial charge in [-0.3, -0.25) is 4.98 Å². The molecule has 3 aromatic heterocycles.